The van der Waals surface area contributed by atoms with Crippen molar-refractivity contribution in [3.63, 3.8) is 0 Å². The van der Waals surface area contributed by atoms with Crippen LogP contribution in [0.3, 0.4) is 0 Å². The second kappa shape index (κ2) is 5.28. The van der Waals surface area contributed by atoms with Crippen molar-refractivity contribution in [2.75, 3.05) is 11.5 Å². The maximum absolute atomic E-state index is 10.8. The molecule has 1 aliphatic carbocycles. The van der Waals surface area contributed by atoms with Crippen LogP contribution in [0.25, 0.3) is 0 Å². The highest BCUT2D eigenvalue weighted by molar-refractivity contribution is 7.99. The summed E-state index contributed by atoms with van der Waals surface area (Å²) in [4.78, 5) is 0. The molecule has 2 nitrogen and oxygen atoms in total. The Morgan fingerprint density at radius 1 is 0.812 bits per heavy atom. The van der Waals surface area contributed by atoms with E-state index >= 15 is 0 Å². The van der Waals surface area contributed by atoms with Crippen LogP contribution in [0.15, 0.2) is 0 Å². The van der Waals surface area contributed by atoms with Crippen LogP contribution in [-0.2, 0) is 0 Å². The molecule has 0 aromatic carbocycles. The fourth-order valence-corrected chi connectivity index (χ4v) is 4.38. The van der Waals surface area contributed by atoms with E-state index < -0.39 is 5.60 Å². The second-order valence-electron chi connectivity index (χ2n) is 5.57. The first-order valence-corrected chi connectivity index (χ1v) is 7.91. The average molecular weight is 243 g/mol. The third-order valence-electron chi connectivity index (χ3n) is 4.49. The van der Waals surface area contributed by atoms with Gasteiger partial charge in [-0.05, 0) is 37.2 Å². The monoisotopic (exact) mass is 243 g/mol. The van der Waals surface area contributed by atoms with Gasteiger partial charge in [0.1, 0.15) is 0 Å². The number of hydrogen-bond acceptors (Lipinski definition) is 3. The minimum atomic E-state index is -0.574. The molecule has 3 N–H and O–H groups in total. The number of aliphatic hydroxyl groups is 1. The van der Waals surface area contributed by atoms with E-state index in [1.54, 1.807) is 0 Å². The van der Waals surface area contributed by atoms with Gasteiger partial charge >= 0.3 is 0 Å². The maximum atomic E-state index is 10.8. The zero-order valence-corrected chi connectivity index (χ0v) is 11.0. The van der Waals surface area contributed by atoms with Crippen molar-refractivity contribution < 1.29 is 5.11 Å². The molecule has 1 saturated heterocycles. The Kier molecular flexibility index (Phi) is 4.20. The highest BCUT2D eigenvalue weighted by Gasteiger charge is 2.47. The molecule has 94 valence electrons. The first-order valence-electron chi connectivity index (χ1n) is 6.75. The van der Waals surface area contributed by atoms with Gasteiger partial charge in [-0.25, -0.2) is 0 Å². The summed E-state index contributed by atoms with van der Waals surface area (Å²) in [6.07, 6.45) is 10.2. The zero-order chi connectivity index (χ0) is 11.5. The van der Waals surface area contributed by atoms with Crippen LogP contribution in [0, 0.1) is 0 Å². The molecule has 1 heterocycles. The lowest BCUT2D eigenvalue weighted by atomic mass is 9.69. The van der Waals surface area contributed by atoms with Gasteiger partial charge < -0.3 is 10.8 Å². The molecule has 16 heavy (non-hydrogen) atoms. The van der Waals surface area contributed by atoms with Crippen LogP contribution in [0.2, 0.25) is 0 Å². The van der Waals surface area contributed by atoms with Gasteiger partial charge in [-0.3, -0.25) is 0 Å². The molecule has 2 rings (SSSR count). The summed E-state index contributed by atoms with van der Waals surface area (Å²) in [6.45, 7) is 0. The largest absolute Gasteiger partial charge is 0.388 e. The third-order valence-corrected chi connectivity index (χ3v) is 5.48. The SMILES string of the molecule is NC1(C2(O)CCSCC2)CCCCCCC1. The molecule has 0 aromatic rings. The first-order chi connectivity index (χ1) is 7.66. The molecule has 1 aliphatic heterocycles. The lowest BCUT2D eigenvalue weighted by Crippen LogP contribution is -2.62. The lowest BCUT2D eigenvalue weighted by Gasteiger charge is -2.48. The van der Waals surface area contributed by atoms with E-state index in [-0.39, 0.29) is 5.54 Å². The number of thioether (sulfide) groups is 1. The third kappa shape index (κ3) is 2.57. The summed E-state index contributed by atoms with van der Waals surface area (Å²) < 4.78 is 0. The van der Waals surface area contributed by atoms with Crippen molar-refractivity contribution in [1.29, 1.82) is 0 Å². The Hall–Kier alpha value is 0.270. The summed E-state index contributed by atoms with van der Waals surface area (Å²) in [6, 6.07) is 0. The minimum absolute atomic E-state index is 0.297. The van der Waals surface area contributed by atoms with Gasteiger partial charge in [0.05, 0.1) is 5.60 Å². The number of rotatable bonds is 1. The maximum Gasteiger partial charge on any atom is 0.0842 e. The molecule has 3 heteroatoms. The molecular formula is C13H25NOS. The van der Waals surface area contributed by atoms with Gasteiger partial charge in [0.25, 0.3) is 0 Å². The van der Waals surface area contributed by atoms with Gasteiger partial charge in [-0.1, -0.05) is 32.1 Å². The Bertz CT molecular complexity index is 218. The summed E-state index contributed by atoms with van der Waals surface area (Å²) in [5, 5.41) is 10.8. The second-order valence-corrected chi connectivity index (χ2v) is 6.79. The molecular weight excluding hydrogens is 218 g/mol. The average Bonchev–Trinajstić information content (AvgIpc) is 2.25. The first kappa shape index (κ1) is 12.7. The lowest BCUT2D eigenvalue weighted by molar-refractivity contribution is -0.0536. The fourth-order valence-electron chi connectivity index (χ4n) is 3.21. The minimum Gasteiger partial charge on any atom is -0.388 e. The van der Waals surface area contributed by atoms with Crippen molar-refractivity contribution in [2.24, 2.45) is 5.73 Å². The fraction of sp³-hybridized carbons (Fsp3) is 1.00. The molecule has 2 fully saturated rings. The van der Waals surface area contributed by atoms with Crippen molar-refractivity contribution in [2.45, 2.75) is 68.9 Å². The summed E-state index contributed by atoms with van der Waals surface area (Å²) in [5.74, 6) is 2.16. The highest BCUT2D eigenvalue weighted by atomic mass is 32.2. The molecule has 0 atom stereocenters. The normalized spacial score (nSPS) is 30.4. The van der Waals surface area contributed by atoms with Crippen molar-refractivity contribution >= 4 is 11.8 Å². The van der Waals surface area contributed by atoms with Crippen LogP contribution in [0.1, 0.15) is 57.8 Å². The van der Waals surface area contributed by atoms with E-state index in [1.807, 2.05) is 11.8 Å². The van der Waals surface area contributed by atoms with Gasteiger partial charge in [0, 0.05) is 5.54 Å². The van der Waals surface area contributed by atoms with Crippen LogP contribution < -0.4 is 5.73 Å². The number of nitrogens with two attached hydrogens (primary N) is 1. The quantitative estimate of drug-likeness (QED) is 0.744. The van der Waals surface area contributed by atoms with Gasteiger partial charge in [0.2, 0.25) is 0 Å². The van der Waals surface area contributed by atoms with E-state index in [1.165, 1.54) is 32.1 Å². The predicted molar refractivity (Wildman–Crippen MR) is 70.7 cm³/mol. The van der Waals surface area contributed by atoms with Gasteiger partial charge in [-0.15, -0.1) is 0 Å². The molecule has 0 bridgehead atoms. The van der Waals surface area contributed by atoms with Crippen LogP contribution in [0.5, 0.6) is 0 Å². The molecule has 0 amide bonds. The van der Waals surface area contributed by atoms with Crippen LogP contribution >= 0.6 is 11.8 Å². The summed E-state index contributed by atoms with van der Waals surface area (Å²) in [7, 11) is 0. The molecule has 0 unspecified atom stereocenters. The predicted octanol–water partition coefficient (Wildman–Crippen LogP) is 2.69. The molecule has 0 aromatic heterocycles. The topological polar surface area (TPSA) is 46.2 Å². The van der Waals surface area contributed by atoms with Crippen LogP contribution in [0.4, 0.5) is 0 Å². The van der Waals surface area contributed by atoms with Crippen LogP contribution in [-0.4, -0.2) is 27.8 Å². The van der Waals surface area contributed by atoms with E-state index in [0.29, 0.717) is 0 Å². The van der Waals surface area contributed by atoms with E-state index in [4.69, 9.17) is 5.73 Å². The highest BCUT2D eigenvalue weighted by Crippen LogP contribution is 2.41. The molecule has 0 spiro atoms. The van der Waals surface area contributed by atoms with Crippen molar-refractivity contribution in [3.05, 3.63) is 0 Å². The Morgan fingerprint density at radius 3 is 1.88 bits per heavy atom. The smallest absolute Gasteiger partial charge is 0.0842 e. The Balaban J connectivity index is 2.06. The van der Waals surface area contributed by atoms with E-state index in [0.717, 1.165) is 37.2 Å². The number of hydrogen-bond donors (Lipinski definition) is 2. The molecule has 2 aliphatic rings. The van der Waals surface area contributed by atoms with Crippen molar-refractivity contribution in [3.8, 4) is 0 Å². The zero-order valence-electron chi connectivity index (χ0n) is 10.2. The Morgan fingerprint density at radius 2 is 1.31 bits per heavy atom. The Labute approximate surface area is 103 Å². The molecule has 1 saturated carbocycles. The summed E-state index contributed by atoms with van der Waals surface area (Å²) in [5.41, 5.74) is 5.71. The van der Waals surface area contributed by atoms with Gasteiger partial charge in [-0.2, -0.15) is 11.8 Å². The summed E-state index contributed by atoms with van der Waals surface area (Å²) >= 11 is 1.95. The van der Waals surface area contributed by atoms with Crippen molar-refractivity contribution in [1.82, 2.24) is 0 Å². The van der Waals surface area contributed by atoms with Gasteiger partial charge in [0.15, 0.2) is 0 Å². The van der Waals surface area contributed by atoms with E-state index in [9.17, 15) is 5.11 Å². The van der Waals surface area contributed by atoms with E-state index in [2.05, 4.69) is 0 Å². The standard InChI is InChI=1S/C13H25NOS/c14-12(6-4-2-1-3-5-7-12)13(15)8-10-16-11-9-13/h15H,1-11,14H2. The molecule has 0 radical (unpaired) electrons.